The van der Waals surface area contributed by atoms with Crippen LogP contribution in [0.3, 0.4) is 0 Å². The first-order valence-corrected chi connectivity index (χ1v) is 5.65. The molecule has 0 aromatic heterocycles. The van der Waals surface area contributed by atoms with Gasteiger partial charge in [0.05, 0.1) is 12.2 Å². The molecule has 0 saturated heterocycles. The van der Waals surface area contributed by atoms with E-state index in [4.69, 9.17) is 4.74 Å². The Morgan fingerprint density at radius 3 is 2.78 bits per heavy atom. The Balaban J connectivity index is 2.35. The molecular formula is C12H18N2O4. The van der Waals surface area contributed by atoms with Crippen LogP contribution in [0.1, 0.15) is 10.4 Å². The minimum absolute atomic E-state index is 0.0619. The van der Waals surface area contributed by atoms with Crippen LogP contribution in [0, 0.1) is 0 Å². The Morgan fingerprint density at radius 2 is 2.06 bits per heavy atom. The smallest absolute Gasteiger partial charge is 0.255 e. The number of carbonyl (C=O) groups is 1. The van der Waals surface area contributed by atoms with Crippen LogP contribution in [0.5, 0.6) is 11.5 Å². The highest BCUT2D eigenvalue weighted by Crippen LogP contribution is 2.27. The van der Waals surface area contributed by atoms with Gasteiger partial charge < -0.3 is 25.6 Å². The predicted molar refractivity (Wildman–Crippen MR) is 66.9 cm³/mol. The van der Waals surface area contributed by atoms with Crippen molar-refractivity contribution >= 4 is 5.91 Å². The molecule has 0 spiro atoms. The predicted octanol–water partition coefficient (Wildman–Crippen LogP) is 0.0636. The standard InChI is InChI=1S/C12H18N2O4/c1-18-8-7-13-5-6-14-12(17)9-3-2-4-10(15)11(9)16/h2-4,13,15-16H,5-8H2,1H3,(H,14,17). The van der Waals surface area contributed by atoms with E-state index in [1.165, 1.54) is 18.2 Å². The van der Waals surface area contributed by atoms with Gasteiger partial charge in [0.15, 0.2) is 11.5 Å². The summed E-state index contributed by atoms with van der Waals surface area (Å²) >= 11 is 0. The third-order valence-corrected chi connectivity index (χ3v) is 2.33. The fraction of sp³-hybridized carbons (Fsp3) is 0.417. The second-order valence-electron chi connectivity index (χ2n) is 3.67. The van der Waals surface area contributed by atoms with Gasteiger partial charge in [-0.05, 0) is 12.1 Å². The highest BCUT2D eigenvalue weighted by Gasteiger charge is 2.12. The number of hydrogen-bond acceptors (Lipinski definition) is 5. The van der Waals surface area contributed by atoms with Crippen LogP contribution in [-0.4, -0.2) is 49.5 Å². The van der Waals surface area contributed by atoms with Crippen LogP contribution < -0.4 is 10.6 Å². The number of nitrogens with one attached hydrogen (secondary N) is 2. The van der Waals surface area contributed by atoms with Crippen molar-refractivity contribution in [3.05, 3.63) is 23.8 Å². The van der Waals surface area contributed by atoms with Crippen molar-refractivity contribution in [3.63, 3.8) is 0 Å². The molecule has 0 bridgehead atoms. The summed E-state index contributed by atoms with van der Waals surface area (Å²) in [6, 6.07) is 4.27. The number of aromatic hydroxyl groups is 2. The Bertz CT molecular complexity index is 396. The molecule has 0 aliphatic rings. The Kier molecular flexibility index (Phi) is 5.96. The van der Waals surface area contributed by atoms with Crippen molar-refractivity contribution in [1.82, 2.24) is 10.6 Å². The highest BCUT2D eigenvalue weighted by atomic mass is 16.5. The summed E-state index contributed by atoms with van der Waals surface area (Å²) in [5.41, 5.74) is 0.0619. The number of para-hydroxylation sites is 1. The molecular weight excluding hydrogens is 236 g/mol. The van der Waals surface area contributed by atoms with Crippen LogP contribution >= 0.6 is 0 Å². The lowest BCUT2D eigenvalue weighted by Crippen LogP contribution is -2.33. The Labute approximate surface area is 106 Å². The van der Waals surface area contributed by atoms with E-state index in [0.717, 1.165) is 0 Å². The van der Waals surface area contributed by atoms with E-state index >= 15 is 0 Å². The fourth-order valence-electron chi connectivity index (χ4n) is 1.37. The van der Waals surface area contributed by atoms with Crippen molar-refractivity contribution in [2.24, 2.45) is 0 Å². The molecule has 1 aromatic carbocycles. The van der Waals surface area contributed by atoms with Gasteiger partial charge in [-0.3, -0.25) is 4.79 Å². The third kappa shape index (κ3) is 4.23. The van der Waals surface area contributed by atoms with Gasteiger partial charge in [0.1, 0.15) is 0 Å². The molecule has 0 aliphatic heterocycles. The van der Waals surface area contributed by atoms with Crippen molar-refractivity contribution in [2.45, 2.75) is 0 Å². The molecule has 0 aliphatic carbocycles. The Hall–Kier alpha value is -1.79. The largest absolute Gasteiger partial charge is 0.504 e. The number of phenolic OH excluding ortho intramolecular Hbond substituents is 2. The zero-order chi connectivity index (χ0) is 13.4. The number of carbonyl (C=O) groups excluding carboxylic acids is 1. The van der Waals surface area contributed by atoms with Crippen molar-refractivity contribution in [3.8, 4) is 11.5 Å². The monoisotopic (exact) mass is 254 g/mol. The van der Waals surface area contributed by atoms with Gasteiger partial charge in [-0.1, -0.05) is 6.07 Å². The molecule has 6 heteroatoms. The Morgan fingerprint density at radius 1 is 1.28 bits per heavy atom. The molecule has 4 N–H and O–H groups in total. The number of hydrogen-bond donors (Lipinski definition) is 4. The molecule has 1 aromatic rings. The lowest BCUT2D eigenvalue weighted by atomic mass is 10.1. The van der Waals surface area contributed by atoms with Crippen LogP contribution in [0.25, 0.3) is 0 Å². The number of ether oxygens (including phenoxy) is 1. The van der Waals surface area contributed by atoms with E-state index in [0.29, 0.717) is 26.2 Å². The number of amides is 1. The van der Waals surface area contributed by atoms with Gasteiger partial charge in [0.2, 0.25) is 0 Å². The fourth-order valence-corrected chi connectivity index (χ4v) is 1.37. The third-order valence-electron chi connectivity index (χ3n) is 2.33. The normalized spacial score (nSPS) is 10.3. The molecule has 0 fully saturated rings. The van der Waals surface area contributed by atoms with Gasteiger partial charge >= 0.3 is 0 Å². The van der Waals surface area contributed by atoms with E-state index in [9.17, 15) is 15.0 Å². The van der Waals surface area contributed by atoms with Gasteiger partial charge in [-0.15, -0.1) is 0 Å². The molecule has 100 valence electrons. The summed E-state index contributed by atoms with van der Waals surface area (Å²) < 4.78 is 4.86. The van der Waals surface area contributed by atoms with Crippen molar-refractivity contribution < 1.29 is 19.7 Å². The zero-order valence-electron chi connectivity index (χ0n) is 10.3. The van der Waals surface area contributed by atoms with Gasteiger partial charge in [-0.2, -0.15) is 0 Å². The molecule has 0 heterocycles. The summed E-state index contributed by atoms with van der Waals surface area (Å²) in [6.07, 6.45) is 0. The van der Waals surface area contributed by atoms with Crippen LogP contribution in [0.2, 0.25) is 0 Å². The zero-order valence-corrected chi connectivity index (χ0v) is 10.3. The maximum absolute atomic E-state index is 11.7. The number of rotatable bonds is 7. The van der Waals surface area contributed by atoms with Crippen molar-refractivity contribution in [2.75, 3.05) is 33.4 Å². The van der Waals surface area contributed by atoms with E-state index < -0.39 is 11.7 Å². The van der Waals surface area contributed by atoms with Gasteiger partial charge in [-0.25, -0.2) is 0 Å². The topological polar surface area (TPSA) is 90.8 Å². The first kappa shape index (κ1) is 14.3. The summed E-state index contributed by atoms with van der Waals surface area (Å²) in [5.74, 6) is -1.12. The summed E-state index contributed by atoms with van der Waals surface area (Å²) in [5, 5.41) is 24.5. The number of phenols is 2. The summed E-state index contributed by atoms with van der Waals surface area (Å²) in [4.78, 5) is 11.7. The lowest BCUT2D eigenvalue weighted by Gasteiger charge is -2.08. The first-order valence-electron chi connectivity index (χ1n) is 5.65. The second kappa shape index (κ2) is 7.52. The molecule has 6 nitrogen and oxygen atoms in total. The lowest BCUT2D eigenvalue weighted by molar-refractivity contribution is 0.0950. The van der Waals surface area contributed by atoms with Crippen LogP contribution in [0.15, 0.2) is 18.2 Å². The quantitative estimate of drug-likeness (QED) is 0.408. The molecule has 0 atom stereocenters. The molecule has 1 rings (SSSR count). The molecule has 18 heavy (non-hydrogen) atoms. The second-order valence-corrected chi connectivity index (χ2v) is 3.67. The molecule has 0 unspecified atom stereocenters. The van der Waals surface area contributed by atoms with Gasteiger partial charge in [0, 0.05) is 26.7 Å². The minimum atomic E-state index is -0.419. The average molecular weight is 254 g/mol. The molecule has 0 saturated carbocycles. The van der Waals surface area contributed by atoms with Gasteiger partial charge in [0.25, 0.3) is 5.91 Å². The summed E-state index contributed by atoms with van der Waals surface area (Å²) in [7, 11) is 1.62. The first-order chi connectivity index (χ1) is 8.66. The summed E-state index contributed by atoms with van der Waals surface area (Å²) in [6.45, 7) is 2.36. The average Bonchev–Trinajstić information content (AvgIpc) is 2.36. The van der Waals surface area contributed by atoms with E-state index in [2.05, 4.69) is 10.6 Å². The van der Waals surface area contributed by atoms with Crippen molar-refractivity contribution in [1.29, 1.82) is 0 Å². The number of methoxy groups -OCH3 is 1. The van der Waals surface area contributed by atoms with Crippen LogP contribution in [0.4, 0.5) is 0 Å². The maximum Gasteiger partial charge on any atom is 0.255 e. The minimum Gasteiger partial charge on any atom is -0.504 e. The molecule has 1 amide bonds. The highest BCUT2D eigenvalue weighted by molar-refractivity contribution is 5.97. The maximum atomic E-state index is 11.7. The van der Waals surface area contributed by atoms with E-state index in [1.807, 2.05) is 0 Å². The number of benzene rings is 1. The molecule has 0 radical (unpaired) electrons. The van der Waals surface area contributed by atoms with E-state index in [-0.39, 0.29) is 11.3 Å². The SMILES string of the molecule is COCCNCCNC(=O)c1cccc(O)c1O. The van der Waals surface area contributed by atoms with E-state index in [1.54, 1.807) is 7.11 Å². The van der Waals surface area contributed by atoms with Crippen LogP contribution in [-0.2, 0) is 4.74 Å².